The molecule has 0 saturated carbocycles. The summed E-state index contributed by atoms with van der Waals surface area (Å²) in [7, 11) is 0. The lowest BCUT2D eigenvalue weighted by Gasteiger charge is -2.15. The minimum atomic E-state index is -0.131. The van der Waals surface area contributed by atoms with Crippen LogP contribution in [0, 0.1) is 0 Å². The molecule has 0 aliphatic rings. The van der Waals surface area contributed by atoms with Crippen LogP contribution in [0.25, 0.3) is 10.9 Å². The molecule has 0 bridgehead atoms. The highest BCUT2D eigenvalue weighted by atomic mass is 35.5. The number of benzene rings is 2. The van der Waals surface area contributed by atoms with Crippen LogP contribution in [0.2, 0.25) is 5.02 Å². The van der Waals surface area contributed by atoms with Gasteiger partial charge in [0.05, 0.1) is 22.7 Å². The van der Waals surface area contributed by atoms with Gasteiger partial charge in [-0.1, -0.05) is 47.6 Å². The van der Waals surface area contributed by atoms with Crippen molar-refractivity contribution < 1.29 is 4.79 Å². The standard InChI is InChI=1S/C20H20ClN3O2S/c1-3-24-19(26)16-6-4-5-7-17(16)23-20(24)27-12-18(25)22-13(2)14-8-10-15(21)11-9-14/h4-11,13H,3,12H2,1-2H3,(H,22,25)/t13-/m1/s1. The second-order valence-corrected chi connectivity index (χ2v) is 7.47. The summed E-state index contributed by atoms with van der Waals surface area (Å²) in [4.78, 5) is 29.5. The molecule has 0 aliphatic carbocycles. The summed E-state index contributed by atoms with van der Waals surface area (Å²) in [6.07, 6.45) is 0. The Kier molecular flexibility index (Phi) is 6.19. The third-order valence-electron chi connectivity index (χ3n) is 4.22. The van der Waals surface area contributed by atoms with E-state index in [9.17, 15) is 9.59 Å². The van der Waals surface area contributed by atoms with E-state index in [-0.39, 0.29) is 23.3 Å². The Bertz CT molecular complexity index is 1020. The highest BCUT2D eigenvalue weighted by Gasteiger charge is 2.14. The van der Waals surface area contributed by atoms with Crippen LogP contribution in [0.15, 0.2) is 58.5 Å². The zero-order valence-corrected chi connectivity index (χ0v) is 16.7. The van der Waals surface area contributed by atoms with Crippen LogP contribution in [0.1, 0.15) is 25.5 Å². The summed E-state index contributed by atoms with van der Waals surface area (Å²) in [5.41, 5.74) is 1.54. The van der Waals surface area contributed by atoms with Crippen molar-refractivity contribution in [3.8, 4) is 0 Å². The van der Waals surface area contributed by atoms with Crippen molar-refractivity contribution in [3.05, 3.63) is 69.5 Å². The number of aromatic nitrogens is 2. The Labute approximate surface area is 166 Å². The number of carbonyl (C=O) groups excluding carboxylic acids is 1. The molecule has 0 aliphatic heterocycles. The second kappa shape index (κ2) is 8.59. The van der Waals surface area contributed by atoms with Crippen LogP contribution in [0.3, 0.4) is 0 Å². The molecular weight excluding hydrogens is 382 g/mol. The van der Waals surface area contributed by atoms with Gasteiger partial charge < -0.3 is 5.32 Å². The molecule has 0 radical (unpaired) electrons. The number of thioether (sulfide) groups is 1. The Morgan fingerprint density at radius 3 is 2.63 bits per heavy atom. The third-order valence-corrected chi connectivity index (χ3v) is 5.45. The molecule has 0 saturated heterocycles. The first kappa shape index (κ1) is 19.5. The number of nitrogens with zero attached hydrogens (tertiary/aromatic N) is 2. The van der Waals surface area contributed by atoms with Crippen LogP contribution < -0.4 is 10.9 Å². The minimum absolute atomic E-state index is 0.0828. The zero-order chi connectivity index (χ0) is 19.4. The number of amides is 1. The van der Waals surface area contributed by atoms with Crippen molar-refractivity contribution >= 4 is 40.2 Å². The van der Waals surface area contributed by atoms with Crippen molar-refractivity contribution in [1.82, 2.24) is 14.9 Å². The maximum atomic E-state index is 12.6. The molecule has 7 heteroatoms. The van der Waals surface area contributed by atoms with E-state index in [0.717, 1.165) is 5.56 Å². The average Bonchev–Trinajstić information content (AvgIpc) is 2.67. The molecule has 1 atom stereocenters. The van der Waals surface area contributed by atoms with Crippen molar-refractivity contribution in [2.75, 3.05) is 5.75 Å². The molecule has 3 rings (SSSR count). The van der Waals surface area contributed by atoms with Crippen molar-refractivity contribution in [2.45, 2.75) is 31.6 Å². The predicted octanol–water partition coefficient (Wildman–Crippen LogP) is 4.04. The van der Waals surface area contributed by atoms with Gasteiger partial charge in [-0.2, -0.15) is 0 Å². The third kappa shape index (κ3) is 4.51. The topological polar surface area (TPSA) is 64.0 Å². The number of hydrogen-bond acceptors (Lipinski definition) is 4. The molecule has 5 nitrogen and oxygen atoms in total. The molecule has 2 aromatic carbocycles. The SMILES string of the molecule is CCn1c(SCC(=O)N[C@H](C)c2ccc(Cl)cc2)nc2ccccc2c1=O. The van der Waals surface area contributed by atoms with Gasteiger partial charge in [-0.25, -0.2) is 4.98 Å². The van der Waals surface area contributed by atoms with Gasteiger partial charge in [0.2, 0.25) is 5.91 Å². The molecular formula is C20H20ClN3O2S. The lowest BCUT2D eigenvalue weighted by atomic mass is 10.1. The average molecular weight is 402 g/mol. The molecule has 1 heterocycles. The highest BCUT2D eigenvalue weighted by molar-refractivity contribution is 7.99. The Morgan fingerprint density at radius 2 is 1.93 bits per heavy atom. The van der Waals surface area contributed by atoms with E-state index >= 15 is 0 Å². The van der Waals surface area contributed by atoms with E-state index in [1.807, 2.05) is 44.2 Å². The second-order valence-electron chi connectivity index (χ2n) is 6.09. The summed E-state index contributed by atoms with van der Waals surface area (Å²) in [6.45, 7) is 4.31. The van der Waals surface area contributed by atoms with Crippen molar-refractivity contribution in [1.29, 1.82) is 0 Å². The van der Waals surface area contributed by atoms with Crippen LogP contribution in [0.4, 0.5) is 0 Å². The van der Waals surface area contributed by atoms with Crippen molar-refractivity contribution in [2.24, 2.45) is 0 Å². The number of nitrogens with one attached hydrogen (secondary N) is 1. The molecule has 0 unspecified atom stereocenters. The lowest BCUT2D eigenvalue weighted by molar-refractivity contribution is -0.119. The first-order valence-electron chi connectivity index (χ1n) is 8.66. The molecule has 140 valence electrons. The summed E-state index contributed by atoms with van der Waals surface area (Å²) in [5.74, 6) is 0.0652. The first-order valence-corrected chi connectivity index (χ1v) is 10.0. The van der Waals surface area contributed by atoms with Gasteiger partial charge in [0.1, 0.15) is 0 Å². The van der Waals surface area contributed by atoms with Crippen LogP contribution in [-0.2, 0) is 11.3 Å². The van der Waals surface area contributed by atoms with Gasteiger partial charge in [-0.05, 0) is 43.7 Å². The maximum Gasteiger partial charge on any atom is 0.262 e. The van der Waals surface area contributed by atoms with E-state index in [2.05, 4.69) is 10.3 Å². The van der Waals surface area contributed by atoms with E-state index in [0.29, 0.717) is 27.6 Å². The highest BCUT2D eigenvalue weighted by Crippen LogP contribution is 2.19. The smallest absolute Gasteiger partial charge is 0.262 e. The fourth-order valence-electron chi connectivity index (χ4n) is 2.78. The van der Waals surface area contributed by atoms with Crippen LogP contribution in [0.5, 0.6) is 0 Å². The fraction of sp³-hybridized carbons (Fsp3) is 0.250. The number of fused-ring (bicyclic) bond motifs is 1. The van der Waals surface area contributed by atoms with Crippen LogP contribution in [-0.4, -0.2) is 21.2 Å². The van der Waals surface area contributed by atoms with E-state index in [1.165, 1.54) is 11.8 Å². The minimum Gasteiger partial charge on any atom is -0.349 e. The summed E-state index contributed by atoms with van der Waals surface area (Å²) < 4.78 is 1.60. The molecule has 0 spiro atoms. The Hall–Kier alpha value is -2.31. The van der Waals surface area contributed by atoms with E-state index < -0.39 is 0 Å². The fourth-order valence-corrected chi connectivity index (χ4v) is 3.79. The number of rotatable bonds is 6. The number of halogens is 1. The molecule has 1 N–H and O–H groups in total. The molecule has 1 aromatic heterocycles. The predicted molar refractivity (Wildman–Crippen MR) is 110 cm³/mol. The first-order chi connectivity index (χ1) is 13.0. The Balaban J connectivity index is 1.71. The maximum absolute atomic E-state index is 12.6. The van der Waals surface area contributed by atoms with Crippen LogP contribution >= 0.6 is 23.4 Å². The lowest BCUT2D eigenvalue weighted by Crippen LogP contribution is -2.29. The van der Waals surface area contributed by atoms with E-state index in [1.54, 1.807) is 22.8 Å². The van der Waals surface area contributed by atoms with Gasteiger partial charge in [0.15, 0.2) is 5.16 Å². The Morgan fingerprint density at radius 1 is 1.22 bits per heavy atom. The molecule has 0 fully saturated rings. The number of carbonyl (C=O) groups is 1. The van der Waals surface area contributed by atoms with E-state index in [4.69, 9.17) is 11.6 Å². The van der Waals surface area contributed by atoms with Gasteiger partial charge in [0, 0.05) is 11.6 Å². The van der Waals surface area contributed by atoms with Gasteiger partial charge in [0.25, 0.3) is 5.56 Å². The monoisotopic (exact) mass is 401 g/mol. The molecule has 27 heavy (non-hydrogen) atoms. The quantitative estimate of drug-likeness (QED) is 0.500. The zero-order valence-electron chi connectivity index (χ0n) is 15.1. The van der Waals surface area contributed by atoms with Gasteiger partial charge >= 0.3 is 0 Å². The normalized spacial score (nSPS) is 12.1. The summed E-state index contributed by atoms with van der Waals surface area (Å²) in [5, 5.41) is 4.76. The van der Waals surface area contributed by atoms with Crippen molar-refractivity contribution in [3.63, 3.8) is 0 Å². The van der Waals surface area contributed by atoms with Gasteiger partial charge in [-0.15, -0.1) is 0 Å². The molecule has 3 aromatic rings. The largest absolute Gasteiger partial charge is 0.349 e. The number of para-hydroxylation sites is 1. The number of hydrogen-bond donors (Lipinski definition) is 1. The van der Waals surface area contributed by atoms with Gasteiger partial charge in [-0.3, -0.25) is 14.2 Å². The molecule has 1 amide bonds. The summed E-state index contributed by atoms with van der Waals surface area (Å²) >= 11 is 7.16. The summed E-state index contributed by atoms with van der Waals surface area (Å²) in [6, 6.07) is 14.5.